The Morgan fingerprint density at radius 3 is 2.03 bits per heavy atom. The minimum Gasteiger partial charge on any atom is -0.369 e. The summed E-state index contributed by atoms with van der Waals surface area (Å²) in [6.07, 6.45) is 3.44. The minimum atomic E-state index is -3.69. The predicted octanol–water partition coefficient (Wildman–Crippen LogP) is 6.56. The van der Waals surface area contributed by atoms with Gasteiger partial charge in [0.25, 0.3) is 0 Å². The predicted molar refractivity (Wildman–Crippen MR) is 158 cm³/mol. The lowest BCUT2D eigenvalue weighted by molar-refractivity contribution is -0.121. The third-order valence-electron chi connectivity index (χ3n) is 8.13. The maximum absolute atomic E-state index is 13.9. The number of carbonyl (C=O) groups is 1. The molecule has 5 nitrogen and oxygen atoms in total. The Hall–Kier alpha value is -2.96. The van der Waals surface area contributed by atoms with Gasteiger partial charge in [-0.25, -0.2) is 8.42 Å². The highest BCUT2D eigenvalue weighted by atomic mass is 32.2. The molecule has 0 heterocycles. The molecule has 1 fully saturated rings. The van der Waals surface area contributed by atoms with Gasteiger partial charge in [-0.15, -0.1) is 0 Å². The standard InChI is InChI=1S/C33H42N2O3S/c1-24-10-14-27(15-11-24)31(32(34)36)28-16-12-26(13-17-28)23-35(22-25-8-6-5-7-9-25)39(37,38)30-20-18-29(19-21-30)33(2,3)4/h5-11,14-15,18-21,26,28,31H,12-13,16-17,22-23H2,1-4H3,(H2,34,36). The van der Waals surface area contributed by atoms with E-state index in [1.807, 2.05) is 73.7 Å². The molecule has 0 aliphatic heterocycles. The molecule has 39 heavy (non-hydrogen) atoms. The van der Waals surface area contributed by atoms with E-state index in [0.717, 1.165) is 47.9 Å². The number of carbonyl (C=O) groups excluding carboxylic acids is 1. The van der Waals surface area contributed by atoms with Crippen LogP contribution in [0.15, 0.2) is 83.8 Å². The molecule has 6 heteroatoms. The Labute approximate surface area is 234 Å². The molecule has 0 radical (unpaired) electrons. The first-order valence-corrected chi connectivity index (χ1v) is 15.4. The number of nitrogens with zero attached hydrogens (tertiary/aromatic N) is 1. The van der Waals surface area contributed by atoms with Crippen LogP contribution in [0, 0.1) is 18.8 Å². The lowest BCUT2D eigenvalue weighted by atomic mass is 9.73. The molecule has 1 unspecified atom stereocenters. The molecular formula is C33H42N2O3S. The molecule has 0 saturated heterocycles. The van der Waals surface area contributed by atoms with E-state index < -0.39 is 10.0 Å². The van der Waals surface area contributed by atoms with E-state index in [1.54, 1.807) is 16.4 Å². The number of rotatable bonds is 9. The van der Waals surface area contributed by atoms with Crippen molar-refractivity contribution >= 4 is 15.9 Å². The zero-order valence-corrected chi connectivity index (χ0v) is 24.5. The first-order chi connectivity index (χ1) is 18.4. The zero-order chi connectivity index (χ0) is 28.2. The number of benzene rings is 3. The van der Waals surface area contributed by atoms with Gasteiger partial charge in [-0.3, -0.25) is 4.79 Å². The highest BCUT2D eigenvalue weighted by Crippen LogP contribution is 2.39. The Bertz CT molecular complexity index is 1340. The second-order valence-corrected chi connectivity index (χ2v) is 14.1. The summed E-state index contributed by atoms with van der Waals surface area (Å²) >= 11 is 0. The van der Waals surface area contributed by atoms with Crippen molar-refractivity contribution in [1.82, 2.24) is 4.31 Å². The minimum absolute atomic E-state index is 0.0496. The highest BCUT2D eigenvalue weighted by molar-refractivity contribution is 7.89. The van der Waals surface area contributed by atoms with E-state index in [4.69, 9.17) is 5.73 Å². The van der Waals surface area contributed by atoms with E-state index in [-0.39, 0.29) is 29.1 Å². The summed E-state index contributed by atoms with van der Waals surface area (Å²) in [4.78, 5) is 12.8. The van der Waals surface area contributed by atoms with Crippen LogP contribution in [0.1, 0.15) is 74.6 Å². The topological polar surface area (TPSA) is 80.5 Å². The SMILES string of the molecule is Cc1ccc(C(C(N)=O)C2CCC(CN(Cc3ccccc3)S(=O)(=O)c3ccc(C(C)(C)C)cc3)CC2)cc1. The third kappa shape index (κ3) is 7.17. The quantitative estimate of drug-likeness (QED) is 0.330. The van der Waals surface area contributed by atoms with E-state index >= 15 is 0 Å². The largest absolute Gasteiger partial charge is 0.369 e. The molecule has 0 spiro atoms. The number of nitrogens with two attached hydrogens (primary N) is 1. The van der Waals surface area contributed by atoms with Gasteiger partial charge < -0.3 is 5.73 Å². The van der Waals surface area contributed by atoms with Gasteiger partial charge in [-0.05, 0) is 78.7 Å². The van der Waals surface area contributed by atoms with Crippen LogP contribution < -0.4 is 5.73 Å². The van der Waals surface area contributed by atoms with Crippen LogP contribution in [-0.2, 0) is 26.8 Å². The number of amides is 1. The molecule has 1 saturated carbocycles. The van der Waals surface area contributed by atoms with Gasteiger partial charge in [-0.1, -0.05) is 93.1 Å². The molecule has 1 aliphatic rings. The molecule has 0 aromatic heterocycles. The van der Waals surface area contributed by atoms with Crippen molar-refractivity contribution < 1.29 is 13.2 Å². The number of primary amides is 1. The average molecular weight is 547 g/mol. The molecular weight excluding hydrogens is 504 g/mol. The molecule has 3 aromatic rings. The van der Waals surface area contributed by atoms with Crippen molar-refractivity contribution in [2.45, 2.75) is 76.2 Å². The molecule has 0 bridgehead atoms. The first kappa shape index (κ1) is 29.0. The number of aryl methyl sites for hydroxylation is 1. The molecule has 1 amide bonds. The monoisotopic (exact) mass is 546 g/mol. The molecule has 208 valence electrons. The van der Waals surface area contributed by atoms with Crippen LogP contribution in [0.25, 0.3) is 0 Å². The fraction of sp³-hybridized carbons (Fsp3) is 0.424. The van der Waals surface area contributed by atoms with Gasteiger partial charge in [0.2, 0.25) is 15.9 Å². The number of sulfonamides is 1. The molecule has 1 atom stereocenters. The Morgan fingerprint density at radius 1 is 0.897 bits per heavy atom. The average Bonchev–Trinajstić information content (AvgIpc) is 2.90. The van der Waals surface area contributed by atoms with Crippen molar-refractivity contribution in [1.29, 1.82) is 0 Å². The fourth-order valence-corrected chi connectivity index (χ4v) is 7.25. The lowest BCUT2D eigenvalue weighted by Gasteiger charge is -2.35. The highest BCUT2D eigenvalue weighted by Gasteiger charge is 2.34. The van der Waals surface area contributed by atoms with E-state index in [0.29, 0.717) is 18.0 Å². The van der Waals surface area contributed by atoms with Crippen LogP contribution in [-0.4, -0.2) is 25.2 Å². The van der Waals surface area contributed by atoms with Crippen molar-refractivity contribution in [2.24, 2.45) is 17.6 Å². The normalized spacial score (nSPS) is 19.1. The molecule has 2 N–H and O–H groups in total. The summed E-state index contributed by atoms with van der Waals surface area (Å²) in [7, 11) is -3.69. The van der Waals surface area contributed by atoms with E-state index in [2.05, 4.69) is 20.8 Å². The van der Waals surface area contributed by atoms with E-state index in [1.165, 1.54) is 0 Å². The summed E-state index contributed by atoms with van der Waals surface area (Å²) in [5.74, 6) is -0.197. The number of hydrogen-bond acceptors (Lipinski definition) is 3. The van der Waals surface area contributed by atoms with Gasteiger partial charge in [0.1, 0.15) is 0 Å². The van der Waals surface area contributed by atoms with Crippen LogP contribution in [0.4, 0.5) is 0 Å². The van der Waals surface area contributed by atoms with Crippen molar-refractivity contribution in [2.75, 3.05) is 6.54 Å². The second-order valence-electron chi connectivity index (χ2n) is 12.1. The number of hydrogen-bond donors (Lipinski definition) is 1. The van der Waals surface area contributed by atoms with Crippen LogP contribution >= 0.6 is 0 Å². The van der Waals surface area contributed by atoms with Crippen LogP contribution in [0.3, 0.4) is 0 Å². The van der Waals surface area contributed by atoms with Crippen molar-refractivity contribution in [3.05, 3.63) is 101 Å². The second kappa shape index (κ2) is 12.1. The van der Waals surface area contributed by atoms with Gasteiger partial charge in [0.05, 0.1) is 10.8 Å². The maximum atomic E-state index is 13.9. The Kier molecular flexibility index (Phi) is 8.97. The van der Waals surface area contributed by atoms with Crippen molar-refractivity contribution in [3.63, 3.8) is 0 Å². The third-order valence-corrected chi connectivity index (χ3v) is 9.95. The summed E-state index contributed by atoms with van der Waals surface area (Å²) < 4.78 is 29.5. The van der Waals surface area contributed by atoms with E-state index in [9.17, 15) is 13.2 Å². The Morgan fingerprint density at radius 2 is 1.49 bits per heavy atom. The molecule has 3 aromatic carbocycles. The maximum Gasteiger partial charge on any atom is 0.243 e. The first-order valence-electron chi connectivity index (χ1n) is 14.0. The van der Waals surface area contributed by atoms with Gasteiger partial charge in [0, 0.05) is 13.1 Å². The van der Waals surface area contributed by atoms with Gasteiger partial charge >= 0.3 is 0 Å². The van der Waals surface area contributed by atoms with Crippen LogP contribution in [0.5, 0.6) is 0 Å². The van der Waals surface area contributed by atoms with Crippen molar-refractivity contribution in [3.8, 4) is 0 Å². The van der Waals surface area contributed by atoms with Gasteiger partial charge in [0.15, 0.2) is 0 Å². The smallest absolute Gasteiger partial charge is 0.243 e. The van der Waals surface area contributed by atoms with Crippen LogP contribution in [0.2, 0.25) is 0 Å². The lowest BCUT2D eigenvalue weighted by Crippen LogP contribution is -2.37. The molecule has 1 aliphatic carbocycles. The fourth-order valence-electron chi connectivity index (χ4n) is 5.75. The summed E-state index contributed by atoms with van der Waals surface area (Å²) in [6.45, 7) is 9.18. The Balaban J connectivity index is 1.51. The summed E-state index contributed by atoms with van der Waals surface area (Å²) in [5.41, 5.74) is 10.0. The summed E-state index contributed by atoms with van der Waals surface area (Å²) in [5, 5.41) is 0. The van der Waals surface area contributed by atoms with Gasteiger partial charge in [-0.2, -0.15) is 4.31 Å². The summed E-state index contributed by atoms with van der Waals surface area (Å²) in [6, 6.07) is 25.2. The zero-order valence-electron chi connectivity index (χ0n) is 23.6. The molecule has 4 rings (SSSR count).